The summed E-state index contributed by atoms with van der Waals surface area (Å²) in [5.41, 5.74) is 8.52. The Morgan fingerprint density at radius 1 is 0.375 bits per heavy atom. The number of aryl methyl sites for hydroxylation is 10. The molecule has 2 N–H and O–H groups in total. The molecule has 144 heavy (non-hydrogen) atoms. The Bertz CT molecular complexity index is 5350. The fraction of sp³-hybridized carbons (Fsp3) is 0.522. The standard InChI is InChI=1S/2C17H22N4O3S.C15H24N4O2.C10H16N4.C9H18N2O2.C7H7ClO3S.C6H7ClN2S.C5H4Cl2N2.2CH2Cl2.CH4S.3CH4.Na.O2S/c2*1-13-12-14(2)19-17(18-13)20-8-10-21(11-9-20)25(22,23)16-6-4-15(24-3)5-7-16;1-11-10-12(2)17-13(16-11)18-6-8-19(9-7-18)14(20)21-15(3,4)5;1-8-7-9(2)13-10(12-8)14-5-3-11-4-6-14;1-9(2,3)13-8(12)11-6-4-10-5-7-11;1-11-6-2-4-7(5-3-6)12(8,9)10;1-4-3-5(10-2)9-6(7)8-4;1-3-2-4(6)9-5(7)8-3;2*2-1-3;1-2;;;;;1-3-2/h2*4-7,12H,8-11H2,1-3H3;10H,6-9H2,1-5H3;7,11H,3-6H2,1-2H3;10H,4-7H2,1-3H3;2-5H,1H3;3H,1-2H3;2H,1H3;2*1H2;2H,1H3;3*1H4;;/q;;;;;;;;;;;;;;+1;/p-1. The molecule has 52 heteroatoms. The summed E-state index contributed by atoms with van der Waals surface area (Å²) in [7, 11) is -0.912. The molecule has 0 saturated carbocycles. The number of methoxy groups -OCH3 is 3. The third-order valence-electron chi connectivity index (χ3n) is 18.9. The fourth-order valence-electron chi connectivity index (χ4n) is 12.7. The van der Waals surface area contributed by atoms with Gasteiger partial charge in [0, 0.05) is 199 Å². The van der Waals surface area contributed by atoms with Crippen LogP contribution in [0.2, 0.25) is 15.7 Å². The van der Waals surface area contributed by atoms with Crippen LogP contribution in [-0.2, 0) is 62.8 Å². The molecule has 0 unspecified atom stereocenters. The van der Waals surface area contributed by atoms with Gasteiger partial charge in [-0.15, -0.1) is 58.2 Å². The number of hydrogen-bond acceptors (Lipinski definition) is 35. The van der Waals surface area contributed by atoms with Crippen molar-refractivity contribution in [3.8, 4) is 17.2 Å². The van der Waals surface area contributed by atoms with E-state index in [1.54, 1.807) is 104 Å². The molecule has 5 saturated heterocycles. The largest absolute Gasteiger partial charge is 1.00 e. The van der Waals surface area contributed by atoms with Gasteiger partial charge in [0.15, 0.2) is 0 Å². The predicted molar refractivity (Wildman–Crippen MR) is 582 cm³/mol. The molecule has 2 amide bonds. The number of thioether (sulfide) groups is 1. The van der Waals surface area contributed by atoms with Crippen LogP contribution >= 0.6 is 104 Å². The van der Waals surface area contributed by atoms with E-state index < -0.39 is 46.3 Å². The number of hydrogen-bond donors (Lipinski definition) is 2. The first kappa shape index (κ1) is 139. The number of nitrogens with one attached hydrogen (secondary N) is 2. The Kier molecular flexibility index (Phi) is 68.9. The first-order valence-electron chi connectivity index (χ1n) is 43.3. The van der Waals surface area contributed by atoms with Gasteiger partial charge in [0.1, 0.15) is 38.6 Å². The van der Waals surface area contributed by atoms with Crippen LogP contribution in [0.15, 0.2) is 129 Å². The van der Waals surface area contributed by atoms with Gasteiger partial charge in [-0.1, -0.05) is 33.9 Å². The molecule has 5 aliphatic rings. The normalized spacial score (nSPS) is 13.8. The summed E-state index contributed by atoms with van der Waals surface area (Å²) < 4.78 is 118. The van der Waals surface area contributed by atoms with Gasteiger partial charge >= 0.3 is 53.3 Å². The quantitative estimate of drug-likeness (QED) is 0.0206. The number of rotatable bonds is 13. The van der Waals surface area contributed by atoms with Gasteiger partial charge in [0.2, 0.25) is 54.4 Å². The van der Waals surface area contributed by atoms with Crippen LogP contribution in [-0.4, -0.2) is 311 Å². The van der Waals surface area contributed by atoms with Crippen LogP contribution in [0.5, 0.6) is 17.2 Å². The van der Waals surface area contributed by atoms with E-state index in [-0.39, 0.29) is 100 Å². The second-order valence-corrected chi connectivity index (χ2v) is 42.2. The number of piperazine rings is 5. The average Bonchev–Trinajstić information content (AvgIpc) is 0.795. The summed E-state index contributed by atoms with van der Waals surface area (Å²) >= 11 is 40.5. The number of halogens is 8. The summed E-state index contributed by atoms with van der Waals surface area (Å²) in [6.07, 6.45) is 3.09. The Balaban J connectivity index is 0. The van der Waals surface area contributed by atoms with Crippen LogP contribution in [0.25, 0.3) is 0 Å². The minimum atomic E-state index is -3.61. The van der Waals surface area contributed by atoms with Crippen molar-refractivity contribution in [1.82, 2.24) is 88.9 Å². The van der Waals surface area contributed by atoms with Crippen LogP contribution in [0.4, 0.5) is 33.4 Å². The molecule has 0 aliphatic carbocycles. The van der Waals surface area contributed by atoms with Crippen LogP contribution in [0.1, 0.15) is 121 Å². The number of amides is 2. The second-order valence-electron chi connectivity index (χ2n) is 32.2. The molecule has 37 nitrogen and oxygen atoms in total. The van der Waals surface area contributed by atoms with E-state index in [0.717, 1.165) is 139 Å². The summed E-state index contributed by atoms with van der Waals surface area (Å²) in [6.45, 7) is 44.6. The van der Waals surface area contributed by atoms with Crippen molar-refractivity contribution in [2.75, 3.05) is 195 Å². The van der Waals surface area contributed by atoms with Crippen molar-refractivity contribution in [1.29, 1.82) is 0 Å². The number of anilines is 4. The van der Waals surface area contributed by atoms with Crippen molar-refractivity contribution in [3.05, 3.63) is 182 Å². The van der Waals surface area contributed by atoms with Crippen molar-refractivity contribution in [2.24, 2.45) is 0 Å². The summed E-state index contributed by atoms with van der Waals surface area (Å²) in [5.74, 6) is 4.82. The van der Waals surface area contributed by atoms with Gasteiger partial charge in [-0.25, -0.2) is 94.7 Å². The summed E-state index contributed by atoms with van der Waals surface area (Å²) in [5, 5.41) is 8.70. The maximum Gasteiger partial charge on any atom is 1.00 e. The van der Waals surface area contributed by atoms with Gasteiger partial charge < -0.3 is 76.3 Å². The van der Waals surface area contributed by atoms with E-state index in [0.29, 0.717) is 105 Å². The van der Waals surface area contributed by atoms with Crippen LogP contribution in [0.3, 0.4) is 0 Å². The first-order valence-corrected chi connectivity index (χ1v) is 54.5. The van der Waals surface area contributed by atoms with Crippen molar-refractivity contribution in [3.63, 3.8) is 0 Å². The monoisotopic (exact) mass is 2290 g/mol. The van der Waals surface area contributed by atoms with Gasteiger partial charge in [-0.2, -0.15) is 23.3 Å². The van der Waals surface area contributed by atoms with Crippen LogP contribution < -0.4 is 74.0 Å². The molecule has 0 radical (unpaired) electrons. The Morgan fingerprint density at radius 3 is 0.854 bits per heavy atom. The Hall–Kier alpha value is -7.19. The molecule has 800 valence electrons. The van der Waals surface area contributed by atoms with Gasteiger partial charge in [-0.3, -0.25) is 0 Å². The molecule has 9 aromatic rings. The van der Waals surface area contributed by atoms with Crippen molar-refractivity contribution < 1.29 is 96.5 Å². The minimum absolute atomic E-state index is 0. The predicted octanol–water partition coefficient (Wildman–Crippen LogP) is 13.8. The average molecular weight is 2290 g/mol. The molecule has 11 heterocycles. The number of alkyl halides is 4. The molecule has 3 aromatic carbocycles. The zero-order valence-electron chi connectivity index (χ0n) is 83.5. The smallest absolute Gasteiger partial charge is 0.796 e. The molecule has 0 atom stereocenters. The third kappa shape index (κ3) is 53.3. The number of benzene rings is 3. The van der Waals surface area contributed by atoms with E-state index in [1.807, 2.05) is 150 Å². The molecule has 14 rings (SSSR count). The number of sulfonamides is 2. The topological polar surface area (TPSA) is 422 Å². The molecule has 5 fully saturated rings. The second kappa shape index (κ2) is 71.5. The van der Waals surface area contributed by atoms with E-state index in [9.17, 15) is 34.8 Å². The van der Waals surface area contributed by atoms with E-state index in [1.165, 1.54) is 40.0 Å². The molecule has 5 aliphatic heterocycles. The van der Waals surface area contributed by atoms with Crippen molar-refractivity contribution >= 4 is 193 Å². The third-order valence-corrected chi connectivity index (χ3v) is 25.2. The minimum Gasteiger partial charge on any atom is -0.796 e. The zero-order valence-corrected chi connectivity index (χ0v) is 96.4. The number of carbonyl (C=O) groups is 2. The number of aromatic nitrogens is 12. The summed E-state index contributed by atoms with van der Waals surface area (Å²) in [4.78, 5) is 87.0. The van der Waals surface area contributed by atoms with Gasteiger partial charge in [-0.05, 0) is 249 Å². The first-order chi connectivity index (χ1) is 66.0. The molecular weight excluding hydrogens is 2150 g/mol. The number of nitrogens with zero attached hydrogens (tertiary/aromatic N) is 20. The number of carbonyl (C=O) groups excluding carboxylic acids is 2. The molecular formula is C92H139Cl8N22NaO15S6. The molecule has 0 spiro atoms. The summed E-state index contributed by atoms with van der Waals surface area (Å²) in [6, 6.07) is 30.2. The SMILES string of the molecule is C.C.C.CC(C)(C)OC(=O)N1CCNCC1.COc1ccc(S(=O)(=O)Cl)cc1.COc1ccc(S(=O)(=O)N2CCN(c3nc(C)cc(C)n3)CC2)cc1.COc1ccc(S(=O)(=O)N2CCN(c3nc(C)cc(C)n3)CC2)cc1.CSc1cc(C)nc(Cl)n1.C[S-].Cc1cc(C)nc(N2CCN(C(=O)OC(C)(C)C)CC2)n1.Cc1cc(C)nc(N2CCNCC2)n1.Cc1cc(Cl)nc(Cl)n1.ClCCl.ClCCl.O=S=O.[Na+]. The van der Waals surface area contributed by atoms with Crippen molar-refractivity contribution in [2.45, 2.75) is 164 Å². The Morgan fingerprint density at radius 2 is 0.611 bits per heavy atom. The van der Waals surface area contributed by atoms with Crippen LogP contribution in [0, 0.1) is 69.2 Å². The maximum atomic E-state index is 12.8. The van der Waals surface area contributed by atoms with E-state index >= 15 is 0 Å². The van der Waals surface area contributed by atoms with E-state index in [4.69, 9.17) is 124 Å². The van der Waals surface area contributed by atoms with Gasteiger partial charge in [0.05, 0.1) is 46.7 Å². The van der Waals surface area contributed by atoms with E-state index in [2.05, 4.69) is 92.9 Å². The fourth-order valence-corrected chi connectivity index (χ4v) is 17.6. The zero-order chi connectivity index (χ0) is 105. The maximum absolute atomic E-state index is 12.8. The molecule has 6 aromatic heterocycles. The van der Waals surface area contributed by atoms with Gasteiger partial charge in [0.25, 0.3) is 9.05 Å². The Labute approximate surface area is 927 Å². The molecule has 0 bridgehead atoms. The number of ether oxygens (including phenoxy) is 5.